The van der Waals surface area contributed by atoms with Gasteiger partial charge in [-0.25, -0.2) is 4.98 Å². The average molecular weight is 359 g/mol. The molecule has 0 aliphatic carbocycles. The third-order valence-corrected chi connectivity index (χ3v) is 5.16. The number of nitrogens with zero attached hydrogens (tertiary/aromatic N) is 2. The van der Waals surface area contributed by atoms with E-state index in [4.69, 9.17) is 4.74 Å². The van der Waals surface area contributed by atoms with Gasteiger partial charge in [-0.2, -0.15) is 0 Å². The summed E-state index contributed by atoms with van der Waals surface area (Å²) in [7, 11) is 0. The Morgan fingerprint density at radius 1 is 1.33 bits per heavy atom. The lowest BCUT2D eigenvalue weighted by Gasteiger charge is -2.08. The van der Waals surface area contributed by atoms with Crippen LogP contribution in [0.25, 0.3) is 10.7 Å². The third kappa shape index (κ3) is 3.85. The zero-order valence-corrected chi connectivity index (χ0v) is 15.0. The number of aromatic nitrogens is 3. The first-order valence-electron chi connectivity index (χ1n) is 7.57. The number of H-pyrrole nitrogens is 1. The maximum Gasteiger partial charge on any atom is 0.209 e. The number of Topliss-reactive ketones (excluding diaryl/α,β-unsaturated/α-hetero) is 1. The molecule has 2 aromatic heterocycles. The molecule has 0 aliphatic rings. The predicted octanol–water partition coefficient (Wildman–Crippen LogP) is 4.30. The number of nitrogens with one attached hydrogen (secondary N) is 1. The third-order valence-electron chi connectivity index (χ3n) is 3.32. The van der Waals surface area contributed by atoms with Gasteiger partial charge >= 0.3 is 0 Å². The SMILES string of the molecule is CCOc1ccc(C(=O)[C@H](C)Sc2n[nH]c(-c3cccs3)n2)cc1. The number of benzene rings is 1. The largest absolute Gasteiger partial charge is 0.494 e. The van der Waals surface area contributed by atoms with Gasteiger partial charge in [0, 0.05) is 5.56 Å². The first kappa shape index (κ1) is 16.7. The summed E-state index contributed by atoms with van der Waals surface area (Å²) in [4.78, 5) is 18.0. The van der Waals surface area contributed by atoms with E-state index >= 15 is 0 Å². The van der Waals surface area contributed by atoms with Crippen molar-refractivity contribution in [2.75, 3.05) is 6.61 Å². The molecule has 3 aromatic rings. The van der Waals surface area contributed by atoms with Gasteiger partial charge in [0.25, 0.3) is 0 Å². The summed E-state index contributed by atoms with van der Waals surface area (Å²) in [5.41, 5.74) is 0.660. The molecule has 0 spiro atoms. The molecule has 0 unspecified atom stereocenters. The Morgan fingerprint density at radius 2 is 2.12 bits per heavy atom. The van der Waals surface area contributed by atoms with Crippen LogP contribution in [0.15, 0.2) is 46.9 Å². The van der Waals surface area contributed by atoms with E-state index in [1.165, 1.54) is 11.8 Å². The normalized spacial score (nSPS) is 12.1. The van der Waals surface area contributed by atoms with Gasteiger partial charge in [-0.15, -0.1) is 16.4 Å². The van der Waals surface area contributed by atoms with Crippen molar-refractivity contribution < 1.29 is 9.53 Å². The number of carbonyl (C=O) groups is 1. The van der Waals surface area contributed by atoms with Crippen molar-refractivity contribution in [3.05, 3.63) is 47.3 Å². The van der Waals surface area contributed by atoms with Crippen LogP contribution in [0.5, 0.6) is 5.75 Å². The van der Waals surface area contributed by atoms with Crippen LogP contribution in [0, 0.1) is 0 Å². The number of carbonyl (C=O) groups excluding carboxylic acids is 1. The topological polar surface area (TPSA) is 67.9 Å². The van der Waals surface area contributed by atoms with Crippen LogP contribution < -0.4 is 4.74 Å². The number of hydrogen-bond acceptors (Lipinski definition) is 6. The summed E-state index contributed by atoms with van der Waals surface area (Å²) in [6, 6.07) is 11.2. The zero-order chi connectivity index (χ0) is 16.9. The van der Waals surface area contributed by atoms with Crippen LogP contribution in [-0.4, -0.2) is 32.8 Å². The van der Waals surface area contributed by atoms with Crippen molar-refractivity contribution in [3.8, 4) is 16.5 Å². The van der Waals surface area contributed by atoms with E-state index in [-0.39, 0.29) is 11.0 Å². The molecule has 1 atom stereocenters. The Hall–Kier alpha value is -2.12. The fraction of sp³-hybridized carbons (Fsp3) is 0.235. The van der Waals surface area contributed by atoms with E-state index in [0.29, 0.717) is 17.3 Å². The summed E-state index contributed by atoms with van der Waals surface area (Å²) in [5, 5.41) is 9.40. The highest BCUT2D eigenvalue weighted by Crippen LogP contribution is 2.27. The molecule has 0 aliphatic heterocycles. The first-order chi connectivity index (χ1) is 11.7. The molecule has 0 amide bonds. The molecule has 2 heterocycles. The number of aromatic amines is 1. The van der Waals surface area contributed by atoms with Crippen LogP contribution in [0.4, 0.5) is 0 Å². The predicted molar refractivity (Wildman–Crippen MR) is 97.0 cm³/mol. The zero-order valence-electron chi connectivity index (χ0n) is 13.4. The van der Waals surface area contributed by atoms with E-state index in [9.17, 15) is 4.79 Å². The lowest BCUT2D eigenvalue weighted by atomic mass is 10.1. The lowest BCUT2D eigenvalue weighted by molar-refractivity contribution is 0.0994. The minimum absolute atomic E-state index is 0.0468. The molecule has 124 valence electrons. The van der Waals surface area contributed by atoms with Crippen LogP contribution in [0.1, 0.15) is 24.2 Å². The summed E-state index contributed by atoms with van der Waals surface area (Å²) >= 11 is 2.94. The Balaban J connectivity index is 1.65. The van der Waals surface area contributed by atoms with Gasteiger partial charge in [0.15, 0.2) is 11.6 Å². The number of thioether (sulfide) groups is 1. The number of rotatable bonds is 7. The molecule has 1 aromatic carbocycles. The molecule has 3 rings (SSSR count). The van der Waals surface area contributed by atoms with Gasteiger partial charge in [0.05, 0.1) is 16.7 Å². The highest BCUT2D eigenvalue weighted by Gasteiger charge is 2.19. The fourth-order valence-electron chi connectivity index (χ4n) is 2.15. The van der Waals surface area contributed by atoms with Crippen LogP contribution in [0.3, 0.4) is 0 Å². The summed E-state index contributed by atoms with van der Waals surface area (Å²) in [6.07, 6.45) is 0. The highest BCUT2D eigenvalue weighted by atomic mass is 32.2. The molecule has 0 fully saturated rings. The van der Waals surface area contributed by atoms with Crippen molar-refractivity contribution >= 4 is 28.9 Å². The van der Waals surface area contributed by atoms with Gasteiger partial charge in [-0.1, -0.05) is 17.8 Å². The minimum Gasteiger partial charge on any atom is -0.494 e. The van der Waals surface area contributed by atoms with Crippen molar-refractivity contribution in [2.24, 2.45) is 0 Å². The molecule has 7 heteroatoms. The number of hydrogen-bond donors (Lipinski definition) is 1. The maximum atomic E-state index is 12.5. The number of ketones is 1. The fourth-order valence-corrected chi connectivity index (χ4v) is 3.62. The molecular formula is C17H17N3O2S2. The standard InChI is InChI=1S/C17H17N3O2S2/c1-3-22-13-8-6-12(7-9-13)15(21)11(2)24-17-18-16(19-20-17)14-5-4-10-23-14/h4-11H,3H2,1-2H3,(H,18,19,20)/t11-/m0/s1. The van der Waals surface area contributed by atoms with Crippen molar-refractivity contribution in [1.82, 2.24) is 15.2 Å². The second kappa shape index (κ2) is 7.63. The Labute approximate surface area is 148 Å². The van der Waals surface area contributed by atoms with Gasteiger partial charge in [0.1, 0.15) is 5.75 Å². The van der Waals surface area contributed by atoms with Crippen LogP contribution in [0.2, 0.25) is 0 Å². The van der Waals surface area contributed by atoms with Gasteiger partial charge in [0.2, 0.25) is 5.16 Å². The number of ether oxygens (including phenoxy) is 1. The maximum absolute atomic E-state index is 12.5. The number of thiophene rings is 1. The quantitative estimate of drug-likeness (QED) is 0.503. The Bertz CT molecular complexity index is 798. The molecule has 0 bridgehead atoms. The smallest absolute Gasteiger partial charge is 0.209 e. The van der Waals surface area contributed by atoms with E-state index in [1.807, 2.05) is 43.5 Å². The van der Waals surface area contributed by atoms with Crippen LogP contribution >= 0.6 is 23.1 Å². The highest BCUT2D eigenvalue weighted by molar-refractivity contribution is 8.00. The van der Waals surface area contributed by atoms with Gasteiger partial charge < -0.3 is 4.74 Å². The van der Waals surface area contributed by atoms with E-state index < -0.39 is 0 Å². The second-order valence-corrected chi connectivity index (χ2v) is 7.28. The van der Waals surface area contributed by atoms with Crippen molar-refractivity contribution in [3.63, 3.8) is 0 Å². The minimum atomic E-state index is -0.269. The van der Waals surface area contributed by atoms with E-state index in [2.05, 4.69) is 15.2 Å². The molecule has 0 radical (unpaired) electrons. The van der Waals surface area contributed by atoms with Gasteiger partial charge in [-0.3, -0.25) is 9.89 Å². The summed E-state index contributed by atoms with van der Waals surface area (Å²) < 4.78 is 5.40. The Morgan fingerprint density at radius 3 is 2.79 bits per heavy atom. The molecule has 0 saturated heterocycles. The Kier molecular flexibility index (Phi) is 5.32. The lowest BCUT2D eigenvalue weighted by Crippen LogP contribution is -2.13. The molecule has 1 N–H and O–H groups in total. The van der Waals surface area contributed by atoms with Gasteiger partial charge in [-0.05, 0) is 49.6 Å². The van der Waals surface area contributed by atoms with E-state index in [1.54, 1.807) is 23.5 Å². The monoisotopic (exact) mass is 359 g/mol. The molecular weight excluding hydrogens is 342 g/mol. The van der Waals surface area contributed by atoms with Crippen LogP contribution in [-0.2, 0) is 0 Å². The second-order valence-electron chi connectivity index (χ2n) is 5.03. The molecule has 5 nitrogen and oxygen atoms in total. The van der Waals surface area contributed by atoms with Crippen molar-refractivity contribution in [1.29, 1.82) is 0 Å². The van der Waals surface area contributed by atoms with E-state index in [0.717, 1.165) is 16.5 Å². The summed E-state index contributed by atoms with van der Waals surface area (Å²) in [6.45, 7) is 4.40. The first-order valence-corrected chi connectivity index (χ1v) is 9.33. The summed E-state index contributed by atoms with van der Waals surface area (Å²) in [5.74, 6) is 1.54. The molecule has 24 heavy (non-hydrogen) atoms. The average Bonchev–Trinajstić information content (AvgIpc) is 3.26. The van der Waals surface area contributed by atoms with Crippen molar-refractivity contribution in [2.45, 2.75) is 24.3 Å². The molecule has 0 saturated carbocycles.